The van der Waals surface area contributed by atoms with Crippen LogP contribution in [0, 0.1) is 5.92 Å². The third kappa shape index (κ3) is 2.47. The predicted molar refractivity (Wildman–Crippen MR) is 60.9 cm³/mol. The Morgan fingerprint density at radius 3 is 2.61 bits per heavy atom. The van der Waals surface area contributed by atoms with E-state index in [0.29, 0.717) is 13.0 Å². The number of hydrogen-bond donors (Lipinski definition) is 4. The molecule has 5 atom stereocenters. The molecule has 2 fully saturated rings. The van der Waals surface area contributed by atoms with Gasteiger partial charge in [-0.15, -0.1) is 0 Å². The quantitative estimate of drug-likeness (QED) is 0.447. The molecule has 2 rings (SSSR count). The van der Waals surface area contributed by atoms with Crippen molar-refractivity contribution in [2.24, 2.45) is 5.92 Å². The molecule has 0 spiro atoms. The normalized spacial score (nSPS) is 39.8. The van der Waals surface area contributed by atoms with E-state index in [0.717, 1.165) is 0 Å². The Morgan fingerprint density at radius 2 is 2.06 bits per heavy atom. The minimum atomic E-state index is -0.982. The lowest BCUT2D eigenvalue weighted by Gasteiger charge is -2.22. The van der Waals surface area contributed by atoms with Crippen molar-refractivity contribution >= 4 is 11.9 Å². The van der Waals surface area contributed by atoms with Gasteiger partial charge in [-0.25, -0.2) is 0 Å². The van der Waals surface area contributed by atoms with Gasteiger partial charge in [0.25, 0.3) is 0 Å². The molecule has 2 aliphatic rings. The maximum absolute atomic E-state index is 11.9. The average molecular weight is 258 g/mol. The highest BCUT2D eigenvalue weighted by Crippen LogP contribution is 2.20. The number of esters is 1. The summed E-state index contributed by atoms with van der Waals surface area (Å²) < 4.78 is 5.25. The Hall–Kier alpha value is -1.18. The minimum Gasteiger partial charge on any atom is -0.481 e. The number of rotatable bonds is 3. The highest BCUT2D eigenvalue weighted by molar-refractivity contribution is 5.78. The summed E-state index contributed by atoms with van der Waals surface area (Å²) in [6, 6.07) is -0.944. The number of aliphatic hydroxyl groups excluding tert-OH is 1. The van der Waals surface area contributed by atoms with Gasteiger partial charge in [-0.2, -0.15) is 0 Å². The summed E-state index contributed by atoms with van der Waals surface area (Å²) >= 11 is 0. The second-order valence-corrected chi connectivity index (χ2v) is 4.83. The minimum absolute atomic E-state index is 0.200. The maximum atomic E-state index is 11.9. The van der Waals surface area contributed by atoms with Crippen molar-refractivity contribution in [2.75, 3.05) is 13.1 Å². The number of carboxylic acids is 1. The largest absolute Gasteiger partial charge is 0.481 e. The average Bonchev–Trinajstić information content (AvgIpc) is 2.86. The summed E-state index contributed by atoms with van der Waals surface area (Å²) in [4.78, 5) is 22.9. The van der Waals surface area contributed by atoms with Gasteiger partial charge in [-0.05, 0) is 19.9 Å². The van der Waals surface area contributed by atoms with Gasteiger partial charge in [0.15, 0.2) is 0 Å². The lowest BCUT2D eigenvalue weighted by atomic mass is 10.0. The summed E-state index contributed by atoms with van der Waals surface area (Å²) in [5, 5.41) is 24.4. The monoisotopic (exact) mass is 258 g/mol. The van der Waals surface area contributed by atoms with E-state index in [9.17, 15) is 14.7 Å². The summed E-state index contributed by atoms with van der Waals surface area (Å²) in [5.74, 6) is -2.29. The van der Waals surface area contributed by atoms with Crippen molar-refractivity contribution in [3.8, 4) is 0 Å². The van der Waals surface area contributed by atoms with Gasteiger partial charge in [0.2, 0.25) is 0 Å². The van der Waals surface area contributed by atoms with Gasteiger partial charge >= 0.3 is 11.9 Å². The van der Waals surface area contributed by atoms with Crippen LogP contribution in [0.3, 0.4) is 0 Å². The first-order valence-electron chi connectivity index (χ1n) is 6.09. The van der Waals surface area contributed by atoms with Gasteiger partial charge in [0.1, 0.15) is 18.1 Å². The molecule has 2 saturated heterocycles. The SMILES string of the molecule is C[C@H]1NC[C@@H](C(=O)O)[C@@H]1OC(=O)[C@H]1NCCC1O. The van der Waals surface area contributed by atoms with Gasteiger partial charge in [-0.3, -0.25) is 9.59 Å². The lowest BCUT2D eigenvalue weighted by molar-refractivity contribution is -0.160. The molecule has 0 radical (unpaired) electrons. The van der Waals surface area contributed by atoms with Crippen LogP contribution in [-0.2, 0) is 14.3 Å². The molecule has 7 heteroatoms. The topological polar surface area (TPSA) is 108 Å². The van der Waals surface area contributed by atoms with Gasteiger partial charge in [0.05, 0.1) is 6.10 Å². The van der Waals surface area contributed by atoms with E-state index in [1.165, 1.54) is 0 Å². The lowest BCUT2D eigenvalue weighted by Crippen LogP contribution is -2.45. The molecule has 0 aromatic carbocycles. The molecule has 4 N–H and O–H groups in total. The number of ether oxygens (including phenoxy) is 1. The van der Waals surface area contributed by atoms with E-state index in [2.05, 4.69) is 10.6 Å². The third-order valence-electron chi connectivity index (χ3n) is 3.56. The van der Waals surface area contributed by atoms with Crippen molar-refractivity contribution in [3.05, 3.63) is 0 Å². The van der Waals surface area contributed by atoms with E-state index in [4.69, 9.17) is 9.84 Å². The Kier molecular flexibility index (Phi) is 3.84. The van der Waals surface area contributed by atoms with Crippen LogP contribution in [0.5, 0.6) is 0 Å². The second kappa shape index (κ2) is 5.21. The first-order chi connectivity index (χ1) is 8.50. The second-order valence-electron chi connectivity index (χ2n) is 4.83. The number of aliphatic carboxylic acids is 1. The van der Waals surface area contributed by atoms with E-state index in [1.807, 2.05) is 0 Å². The third-order valence-corrected chi connectivity index (χ3v) is 3.56. The number of nitrogens with one attached hydrogen (secondary N) is 2. The molecule has 2 aliphatic heterocycles. The van der Waals surface area contributed by atoms with Crippen molar-refractivity contribution in [1.82, 2.24) is 10.6 Å². The van der Waals surface area contributed by atoms with Crippen LogP contribution in [-0.4, -0.2) is 59.5 Å². The molecule has 0 saturated carbocycles. The fraction of sp³-hybridized carbons (Fsp3) is 0.818. The summed E-state index contributed by atoms with van der Waals surface area (Å²) in [6.07, 6.45) is -0.948. The van der Waals surface area contributed by atoms with E-state index >= 15 is 0 Å². The molecular formula is C11H18N2O5. The molecule has 0 aromatic heterocycles. The number of hydrogen-bond acceptors (Lipinski definition) is 6. The summed E-state index contributed by atoms with van der Waals surface area (Å²) in [6.45, 7) is 2.62. The molecular weight excluding hydrogens is 240 g/mol. The highest BCUT2D eigenvalue weighted by Gasteiger charge is 2.43. The van der Waals surface area contributed by atoms with E-state index in [-0.39, 0.29) is 12.6 Å². The Balaban J connectivity index is 1.98. The molecule has 0 aromatic rings. The number of carboxylic acid groups (broad SMARTS) is 1. The van der Waals surface area contributed by atoms with Gasteiger partial charge in [-0.1, -0.05) is 0 Å². The van der Waals surface area contributed by atoms with Crippen molar-refractivity contribution in [2.45, 2.75) is 37.6 Å². The van der Waals surface area contributed by atoms with Crippen LogP contribution in [0.1, 0.15) is 13.3 Å². The van der Waals surface area contributed by atoms with Crippen LogP contribution in [0.25, 0.3) is 0 Å². The van der Waals surface area contributed by atoms with Crippen LogP contribution in [0.4, 0.5) is 0 Å². The molecule has 1 unspecified atom stereocenters. The fourth-order valence-corrected chi connectivity index (χ4v) is 2.44. The molecule has 102 valence electrons. The first kappa shape index (κ1) is 13.3. The Bertz CT molecular complexity index is 348. The molecule has 0 aliphatic carbocycles. The van der Waals surface area contributed by atoms with Crippen LogP contribution in [0.2, 0.25) is 0 Å². The molecule has 0 amide bonds. The van der Waals surface area contributed by atoms with Crippen LogP contribution >= 0.6 is 0 Å². The van der Waals surface area contributed by atoms with Crippen LogP contribution < -0.4 is 10.6 Å². The fourth-order valence-electron chi connectivity index (χ4n) is 2.44. The molecule has 7 nitrogen and oxygen atoms in total. The predicted octanol–water partition coefficient (Wildman–Crippen LogP) is -1.69. The zero-order valence-electron chi connectivity index (χ0n) is 10.1. The Morgan fingerprint density at radius 1 is 1.33 bits per heavy atom. The van der Waals surface area contributed by atoms with Crippen molar-refractivity contribution in [3.63, 3.8) is 0 Å². The maximum Gasteiger partial charge on any atom is 0.326 e. The summed E-state index contributed by atoms with van der Waals surface area (Å²) in [5.41, 5.74) is 0. The zero-order chi connectivity index (χ0) is 13.3. The van der Waals surface area contributed by atoms with Gasteiger partial charge < -0.3 is 25.6 Å². The molecule has 2 heterocycles. The number of carbonyl (C=O) groups excluding carboxylic acids is 1. The standard InChI is InChI=1S/C11H18N2O5/c1-5-9(6(4-13-5)10(15)16)18-11(17)8-7(14)2-3-12-8/h5-9,12-14H,2-4H2,1H3,(H,15,16)/t5-,6-,7?,8+,9-/m1/s1. The zero-order valence-corrected chi connectivity index (χ0v) is 10.1. The molecule has 0 bridgehead atoms. The van der Waals surface area contributed by atoms with Gasteiger partial charge in [0, 0.05) is 12.6 Å². The van der Waals surface area contributed by atoms with Crippen LogP contribution in [0.15, 0.2) is 0 Å². The van der Waals surface area contributed by atoms with Crippen molar-refractivity contribution in [1.29, 1.82) is 0 Å². The highest BCUT2D eigenvalue weighted by atomic mass is 16.6. The number of aliphatic hydroxyl groups is 1. The van der Waals surface area contributed by atoms with E-state index in [1.54, 1.807) is 6.92 Å². The van der Waals surface area contributed by atoms with Crippen molar-refractivity contribution < 1.29 is 24.5 Å². The number of carbonyl (C=O) groups is 2. The Labute approximate surface area is 105 Å². The van der Waals surface area contributed by atoms with E-state index < -0.39 is 36.1 Å². The molecule has 18 heavy (non-hydrogen) atoms. The summed E-state index contributed by atoms with van der Waals surface area (Å²) in [7, 11) is 0. The smallest absolute Gasteiger partial charge is 0.326 e. The first-order valence-corrected chi connectivity index (χ1v) is 6.09.